The lowest BCUT2D eigenvalue weighted by Crippen LogP contribution is -2.16. The Kier molecular flexibility index (Phi) is 2.69. The third kappa shape index (κ3) is 2.07. The zero-order chi connectivity index (χ0) is 8.27. The highest BCUT2D eigenvalue weighted by Gasteiger charge is 1.99. The number of benzene rings is 1. The van der Waals surface area contributed by atoms with Gasteiger partial charge in [0, 0.05) is 0 Å². The first-order valence-corrected chi connectivity index (χ1v) is 3.99. The van der Waals surface area contributed by atoms with E-state index in [1.165, 1.54) is 11.6 Å². The van der Waals surface area contributed by atoms with Gasteiger partial charge in [-0.2, -0.15) is 0 Å². The van der Waals surface area contributed by atoms with E-state index >= 15 is 0 Å². The van der Waals surface area contributed by atoms with Crippen molar-refractivity contribution in [3.05, 3.63) is 29.6 Å². The molecule has 58 valence electrons. The Balaban J connectivity index is 2.93. The Bertz CT molecular complexity index is 245. The summed E-state index contributed by atoms with van der Waals surface area (Å²) in [6, 6.07) is 4.97. The lowest BCUT2D eigenvalue weighted by atomic mass is 9.66. The SMILES string of the molecule is CCBc1cc(F)ccc1C. The minimum Gasteiger partial charge on any atom is -0.207 e. The molecule has 0 nitrogen and oxygen atoms in total. The Morgan fingerprint density at radius 2 is 2.18 bits per heavy atom. The van der Waals surface area contributed by atoms with Crippen molar-refractivity contribution in [1.29, 1.82) is 0 Å². The fourth-order valence-corrected chi connectivity index (χ4v) is 1.18. The third-order valence-electron chi connectivity index (χ3n) is 1.83. The zero-order valence-electron chi connectivity index (χ0n) is 7.02. The van der Waals surface area contributed by atoms with Crippen molar-refractivity contribution < 1.29 is 4.39 Å². The summed E-state index contributed by atoms with van der Waals surface area (Å²) >= 11 is 0. The highest BCUT2D eigenvalue weighted by atomic mass is 19.1. The van der Waals surface area contributed by atoms with Gasteiger partial charge in [-0.05, 0) is 19.1 Å². The maximum absolute atomic E-state index is 12.7. The van der Waals surface area contributed by atoms with Crippen molar-refractivity contribution in [2.45, 2.75) is 20.2 Å². The minimum atomic E-state index is -0.126. The minimum absolute atomic E-state index is 0.126. The molecule has 0 N–H and O–H groups in total. The molecule has 1 aromatic carbocycles. The molecule has 0 saturated carbocycles. The molecule has 2 heteroatoms. The maximum Gasteiger partial charge on any atom is 0.157 e. The van der Waals surface area contributed by atoms with Gasteiger partial charge in [-0.3, -0.25) is 0 Å². The van der Waals surface area contributed by atoms with Crippen LogP contribution < -0.4 is 5.46 Å². The summed E-state index contributed by atoms with van der Waals surface area (Å²) in [7, 11) is 0.976. The van der Waals surface area contributed by atoms with Gasteiger partial charge < -0.3 is 0 Å². The quantitative estimate of drug-likeness (QED) is 0.562. The van der Waals surface area contributed by atoms with Gasteiger partial charge in [0.1, 0.15) is 5.82 Å². The first kappa shape index (κ1) is 8.31. The molecule has 0 bridgehead atoms. The van der Waals surface area contributed by atoms with Crippen molar-refractivity contribution in [2.75, 3.05) is 0 Å². The molecule has 1 aromatic rings. The monoisotopic (exact) mass is 150 g/mol. The molecule has 0 spiro atoms. The smallest absolute Gasteiger partial charge is 0.157 e. The van der Waals surface area contributed by atoms with E-state index in [2.05, 4.69) is 6.92 Å². The summed E-state index contributed by atoms with van der Waals surface area (Å²) in [5.41, 5.74) is 2.32. The average molecular weight is 150 g/mol. The van der Waals surface area contributed by atoms with E-state index < -0.39 is 0 Å². The highest BCUT2D eigenvalue weighted by Crippen LogP contribution is 1.98. The first-order valence-electron chi connectivity index (χ1n) is 3.99. The van der Waals surface area contributed by atoms with E-state index in [9.17, 15) is 4.39 Å². The molecule has 0 fully saturated rings. The summed E-state index contributed by atoms with van der Waals surface area (Å²) < 4.78 is 12.7. The number of rotatable bonds is 2. The van der Waals surface area contributed by atoms with Crippen molar-refractivity contribution in [2.24, 2.45) is 0 Å². The van der Waals surface area contributed by atoms with Crippen molar-refractivity contribution in [3.63, 3.8) is 0 Å². The highest BCUT2D eigenvalue weighted by molar-refractivity contribution is 6.53. The van der Waals surface area contributed by atoms with E-state index in [1.807, 2.05) is 13.0 Å². The topological polar surface area (TPSA) is 0 Å². The molecule has 0 amide bonds. The molecule has 0 heterocycles. The van der Waals surface area contributed by atoms with Crippen LogP contribution in [0.25, 0.3) is 0 Å². The van der Waals surface area contributed by atoms with Crippen molar-refractivity contribution >= 4 is 12.7 Å². The standard InChI is InChI=1S/C9H12BF/c1-3-10-9-6-8(11)5-4-7(9)2/h4-6,10H,3H2,1-2H3. The van der Waals surface area contributed by atoms with Crippen LogP contribution >= 0.6 is 0 Å². The number of hydrogen-bond acceptors (Lipinski definition) is 0. The van der Waals surface area contributed by atoms with Crippen LogP contribution in [0.15, 0.2) is 18.2 Å². The summed E-state index contributed by atoms with van der Waals surface area (Å²) in [6.07, 6.45) is 1.07. The zero-order valence-corrected chi connectivity index (χ0v) is 7.02. The van der Waals surface area contributed by atoms with Gasteiger partial charge in [-0.15, -0.1) is 0 Å². The van der Waals surface area contributed by atoms with Crippen LogP contribution in [0.1, 0.15) is 12.5 Å². The molecule has 11 heavy (non-hydrogen) atoms. The van der Waals surface area contributed by atoms with E-state index in [-0.39, 0.29) is 5.82 Å². The van der Waals surface area contributed by atoms with Gasteiger partial charge in [0.05, 0.1) is 0 Å². The summed E-state index contributed by atoms with van der Waals surface area (Å²) in [4.78, 5) is 0. The number of halogens is 1. The molecule has 1 rings (SSSR count). The van der Waals surface area contributed by atoms with Crippen LogP contribution in [0.4, 0.5) is 4.39 Å². The predicted octanol–water partition coefficient (Wildman–Crippen LogP) is 1.63. The predicted molar refractivity (Wildman–Crippen MR) is 48.4 cm³/mol. The molecular formula is C9H12BF. The Morgan fingerprint density at radius 3 is 2.82 bits per heavy atom. The molecule has 0 aliphatic rings. The van der Waals surface area contributed by atoms with Gasteiger partial charge in [0.2, 0.25) is 0 Å². The lowest BCUT2D eigenvalue weighted by molar-refractivity contribution is 0.628. The summed E-state index contributed by atoms with van der Waals surface area (Å²) in [6.45, 7) is 4.12. The van der Waals surface area contributed by atoms with Gasteiger partial charge in [-0.25, -0.2) is 4.39 Å². The van der Waals surface area contributed by atoms with E-state index in [0.29, 0.717) is 0 Å². The number of aryl methyl sites for hydroxylation is 1. The molecule has 0 aliphatic carbocycles. The van der Waals surface area contributed by atoms with Crippen LogP contribution in [0.5, 0.6) is 0 Å². The lowest BCUT2D eigenvalue weighted by Gasteiger charge is -2.01. The molecule has 0 saturated heterocycles. The molecule has 0 atom stereocenters. The average Bonchev–Trinajstić information content (AvgIpc) is 1.98. The third-order valence-corrected chi connectivity index (χ3v) is 1.83. The van der Waals surface area contributed by atoms with Crippen LogP contribution in [0, 0.1) is 12.7 Å². The van der Waals surface area contributed by atoms with Gasteiger partial charge in [0.15, 0.2) is 7.28 Å². The summed E-state index contributed by atoms with van der Waals surface area (Å²) in [5.74, 6) is -0.126. The molecular weight excluding hydrogens is 138 g/mol. The van der Waals surface area contributed by atoms with E-state index in [1.54, 1.807) is 6.07 Å². The molecule has 0 unspecified atom stereocenters. The summed E-state index contributed by atoms with van der Waals surface area (Å²) in [5, 5.41) is 0. The second-order valence-electron chi connectivity index (χ2n) is 2.82. The van der Waals surface area contributed by atoms with E-state index in [4.69, 9.17) is 0 Å². The van der Waals surface area contributed by atoms with Crippen LogP contribution in [0.2, 0.25) is 6.32 Å². The largest absolute Gasteiger partial charge is 0.207 e. The van der Waals surface area contributed by atoms with Gasteiger partial charge >= 0.3 is 0 Å². The molecule has 0 radical (unpaired) electrons. The molecule has 0 aliphatic heterocycles. The maximum atomic E-state index is 12.7. The fourth-order valence-electron chi connectivity index (χ4n) is 1.18. The molecule has 0 aromatic heterocycles. The Labute approximate surface area is 67.7 Å². The normalized spacial score (nSPS) is 9.73. The van der Waals surface area contributed by atoms with Crippen molar-refractivity contribution in [1.82, 2.24) is 0 Å². The van der Waals surface area contributed by atoms with Crippen LogP contribution in [-0.4, -0.2) is 7.28 Å². The van der Waals surface area contributed by atoms with Crippen LogP contribution in [0.3, 0.4) is 0 Å². The first-order chi connectivity index (χ1) is 5.24. The van der Waals surface area contributed by atoms with Gasteiger partial charge in [-0.1, -0.05) is 30.3 Å². The second kappa shape index (κ2) is 3.56. The fraction of sp³-hybridized carbons (Fsp3) is 0.333. The second-order valence-corrected chi connectivity index (χ2v) is 2.82. The Hall–Kier alpha value is -0.785. The van der Waals surface area contributed by atoms with Gasteiger partial charge in [0.25, 0.3) is 0 Å². The van der Waals surface area contributed by atoms with E-state index in [0.717, 1.165) is 19.1 Å². The number of hydrogen-bond donors (Lipinski definition) is 0. The van der Waals surface area contributed by atoms with Crippen LogP contribution in [-0.2, 0) is 0 Å². The Morgan fingerprint density at radius 1 is 1.45 bits per heavy atom. The van der Waals surface area contributed by atoms with Crippen molar-refractivity contribution in [3.8, 4) is 0 Å².